The minimum Gasteiger partial charge on any atom is -0.481 e. The van der Waals surface area contributed by atoms with Crippen molar-refractivity contribution in [1.29, 1.82) is 0 Å². The maximum absolute atomic E-state index is 13.4. The predicted octanol–water partition coefficient (Wildman–Crippen LogP) is 0.402. The molecule has 1 rings (SSSR count). The molecule has 0 saturated heterocycles. The number of hydrogen-bond acceptors (Lipinski definition) is 8. The molecule has 0 aliphatic carbocycles. The number of nitrogens with one attached hydrogen (secondary N) is 4. The summed E-state index contributed by atoms with van der Waals surface area (Å²) in [4.78, 5) is 87.0. The van der Waals surface area contributed by atoms with E-state index in [1.54, 1.807) is 52.0 Å². The van der Waals surface area contributed by atoms with Gasteiger partial charge < -0.3 is 42.3 Å². The highest BCUT2D eigenvalue weighted by Crippen LogP contribution is 2.10. The van der Waals surface area contributed by atoms with Gasteiger partial charge in [0.05, 0.1) is 6.04 Å². The molecule has 0 bridgehead atoms. The lowest BCUT2D eigenvalue weighted by Gasteiger charge is -2.27. The van der Waals surface area contributed by atoms with E-state index in [1.807, 2.05) is 6.07 Å². The second-order valence-corrected chi connectivity index (χ2v) is 12.0. The lowest BCUT2D eigenvalue weighted by atomic mass is 10.0. The van der Waals surface area contributed by atoms with Crippen LogP contribution in [0.5, 0.6) is 0 Å². The van der Waals surface area contributed by atoms with E-state index < -0.39 is 97.4 Å². The van der Waals surface area contributed by atoms with Gasteiger partial charge in [0.25, 0.3) is 0 Å². The summed E-state index contributed by atoms with van der Waals surface area (Å²) in [7, 11) is 0. The van der Waals surface area contributed by atoms with Crippen molar-refractivity contribution in [2.24, 2.45) is 17.6 Å². The smallest absolute Gasteiger partial charge is 0.326 e. The van der Waals surface area contributed by atoms with E-state index in [2.05, 4.69) is 21.3 Å². The quantitative estimate of drug-likeness (QED) is 0.0904. The molecule has 0 aromatic heterocycles. The van der Waals surface area contributed by atoms with Gasteiger partial charge in [0.1, 0.15) is 24.2 Å². The first-order valence-electron chi connectivity index (χ1n) is 15.2. The van der Waals surface area contributed by atoms with E-state index in [-0.39, 0.29) is 31.1 Å². The Morgan fingerprint density at radius 1 is 0.609 bits per heavy atom. The predicted molar refractivity (Wildman–Crippen MR) is 166 cm³/mol. The molecule has 0 aliphatic heterocycles. The summed E-state index contributed by atoms with van der Waals surface area (Å²) in [5, 5.41) is 37.6. The second kappa shape index (κ2) is 19.8. The van der Waals surface area contributed by atoms with Gasteiger partial charge in [-0.1, -0.05) is 58.0 Å². The highest BCUT2D eigenvalue weighted by atomic mass is 16.4. The summed E-state index contributed by atoms with van der Waals surface area (Å²) in [5.74, 6) is -7.44. The average Bonchev–Trinajstić information content (AvgIpc) is 2.95. The first-order valence-corrected chi connectivity index (χ1v) is 15.2. The number of carboxylic acids is 3. The minimum absolute atomic E-state index is 0.0654. The first-order chi connectivity index (χ1) is 21.5. The number of rotatable bonds is 21. The van der Waals surface area contributed by atoms with Crippen LogP contribution in [0, 0.1) is 11.8 Å². The lowest BCUT2D eigenvalue weighted by molar-refractivity contribution is -0.143. The van der Waals surface area contributed by atoms with Gasteiger partial charge in [0.2, 0.25) is 23.6 Å². The van der Waals surface area contributed by atoms with E-state index in [0.29, 0.717) is 0 Å². The largest absolute Gasteiger partial charge is 0.481 e. The molecule has 0 radical (unpaired) electrons. The number of aliphatic carboxylic acids is 3. The molecule has 9 N–H and O–H groups in total. The molecule has 0 unspecified atom stereocenters. The molecule has 4 amide bonds. The Labute approximate surface area is 268 Å². The molecule has 0 aliphatic rings. The molecule has 0 fully saturated rings. The van der Waals surface area contributed by atoms with Crippen LogP contribution in [0.2, 0.25) is 0 Å². The van der Waals surface area contributed by atoms with Crippen LogP contribution in [-0.2, 0) is 40.0 Å². The highest BCUT2D eigenvalue weighted by molar-refractivity contribution is 5.95. The summed E-state index contributed by atoms with van der Waals surface area (Å²) in [6.45, 7) is 7.10. The normalized spacial score (nSPS) is 14.3. The fourth-order valence-corrected chi connectivity index (χ4v) is 4.53. The summed E-state index contributed by atoms with van der Waals surface area (Å²) in [6.07, 6.45) is -1.50. The van der Waals surface area contributed by atoms with Gasteiger partial charge in [0, 0.05) is 12.8 Å². The number of carbonyl (C=O) groups is 7. The Kier molecular flexibility index (Phi) is 17.0. The van der Waals surface area contributed by atoms with Crippen molar-refractivity contribution in [2.45, 2.75) is 103 Å². The third-order valence-corrected chi connectivity index (χ3v) is 6.86. The maximum Gasteiger partial charge on any atom is 0.326 e. The van der Waals surface area contributed by atoms with Crippen LogP contribution in [0.15, 0.2) is 30.3 Å². The van der Waals surface area contributed by atoms with Crippen LogP contribution >= 0.6 is 0 Å². The van der Waals surface area contributed by atoms with Crippen molar-refractivity contribution >= 4 is 41.5 Å². The van der Waals surface area contributed by atoms with Gasteiger partial charge >= 0.3 is 17.9 Å². The molecule has 256 valence electrons. The van der Waals surface area contributed by atoms with Crippen LogP contribution in [0.3, 0.4) is 0 Å². The van der Waals surface area contributed by atoms with Gasteiger partial charge in [-0.25, -0.2) is 4.79 Å². The fraction of sp³-hybridized carbons (Fsp3) is 0.581. The Morgan fingerprint density at radius 2 is 1.00 bits per heavy atom. The molecule has 5 atom stereocenters. The summed E-state index contributed by atoms with van der Waals surface area (Å²) in [6, 6.07) is 2.54. The monoisotopic (exact) mass is 649 g/mol. The number of nitrogens with two attached hydrogens (primary N) is 1. The standard InChI is InChI=1S/C31H47N5O10/c1-17(2)14-23(35-27(41)20(32)16-19-8-6-5-7-9-19)30(44)34-21(10-12-25(37)38)28(42)33-22(11-13-26(39)40)29(43)36-24(31(45)46)15-18(3)4/h5-9,17-18,20-24H,10-16,32H2,1-4H3,(H,33,42)(H,34,44)(H,35,41)(H,36,43)(H,37,38)(H,39,40)(H,45,46)/t20-,21-,22-,23+,24-/m0/s1. The number of benzene rings is 1. The van der Waals surface area contributed by atoms with Gasteiger partial charge in [-0.3, -0.25) is 28.8 Å². The maximum atomic E-state index is 13.4. The Bertz CT molecular complexity index is 1210. The topological polar surface area (TPSA) is 254 Å². The van der Waals surface area contributed by atoms with Crippen molar-refractivity contribution in [1.82, 2.24) is 21.3 Å². The number of hydrogen-bond donors (Lipinski definition) is 8. The Balaban J connectivity index is 3.17. The van der Waals surface area contributed by atoms with Crippen molar-refractivity contribution in [3.63, 3.8) is 0 Å². The molecule has 0 saturated carbocycles. The van der Waals surface area contributed by atoms with Crippen LogP contribution in [-0.4, -0.2) is 87.1 Å². The number of amides is 4. The van der Waals surface area contributed by atoms with E-state index in [9.17, 15) is 43.8 Å². The summed E-state index contributed by atoms with van der Waals surface area (Å²) < 4.78 is 0. The highest BCUT2D eigenvalue weighted by Gasteiger charge is 2.32. The third kappa shape index (κ3) is 15.5. The van der Waals surface area contributed by atoms with Gasteiger partial charge in [-0.05, 0) is 49.5 Å². The van der Waals surface area contributed by atoms with Crippen LogP contribution in [0.1, 0.15) is 71.8 Å². The van der Waals surface area contributed by atoms with Crippen molar-refractivity contribution in [2.75, 3.05) is 0 Å². The van der Waals surface area contributed by atoms with E-state index >= 15 is 0 Å². The van der Waals surface area contributed by atoms with E-state index in [0.717, 1.165) is 5.56 Å². The van der Waals surface area contributed by atoms with Crippen molar-refractivity contribution in [3.8, 4) is 0 Å². The van der Waals surface area contributed by atoms with Crippen LogP contribution < -0.4 is 27.0 Å². The average molecular weight is 650 g/mol. The molecule has 15 nitrogen and oxygen atoms in total. The van der Waals surface area contributed by atoms with Gasteiger partial charge in [0.15, 0.2) is 0 Å². The van der Waals surface area contributed by atoms with Crippen LogP contribution in [0.25, 0.3) is 0 Å². The molecule has 0 spiro atoms. The van der Waals surface area contributed by atoms with Crippen LogP contribution in [0.4, 0.5) is 0 Å². The summed E-state index contributed by atoms with van der Waals surface area (Å²) in [5.41, 5.74) is 6.89. The van der Waals surface area contributed by atoms with Crippen molar-refractivity contribution in [3.05, 3.63) is 35.9 Å². The number of carboxylic acid groups (broad SMARTS) is 3. The van der Waals surface area contributed by atoms with Crippen molar-refractivity contribution < 1.29 is 48.9 Å². The van der Waals surface area contributed by atoms with E-state index in [4.69, 9.17) is 10.8 Å². The van der Waals surface area contributed by atoms with Gasteiger partial charge in [-0.2, -0.15) is 0 Å². The zero-order valence-corrected chi connectivity index (χ0v) is 26.7. The molecule has 1 aromatic rings. The number of carbonyl (C=O) groups excluding carboxylic acids is 4. The molecule has 15 heteroatoms. The van der Waals surface area contributed by atoms with E-state index in [1.165, 1.54) is 0 Å². The summed E-state index contributed by atoms with van der Waals surface area (Å²) >= 11 is 0. The lowest BCUT2D eigenvalue weighted by Crippen LogP contribution is -2.58. The molecule has 0 heterocycles. The zero-order chi connectivity index (χ0) is 35.0. The third-order valence-electron chi connectivity index (χ3n) is 6.86. The second-order valence-electron chi connectivity index (χ2n) is 12.0. The first kappa shape index (κ1) is 39.5. The SMILES string of the molecule is CC(C)C[C@H](NC(=O)[C@H](CCC(=O)O)NC(=O)[C@H](CCC(=O)O)NC(=O)[C@@H](CC(C)C)NC(=O)[C@@H](N)Cc1ccccc1)C(=O)O. The Hall–Kier alpha value is -4.53. The van der Waals surface area contributed by atoms with Gasteiger partial charge in [-0.15, -0.1) is 0 Å². The molecule has 1 aromatic carbocycles. The Morgan fingerprint density at radius 3 is 1.41 bits per heavy atom. The molecular formula is C31H47N5O10. The molecular weight excluding hydrogens is 602 g/mol. The fourth-order valence-electron chi connectivity index (χ4n) is 4.53. The zero-order valence-electron chi connectivity index (χ0n) is 26.7. The minimum atomic E-state index is -1.51. The molecule has 46 heavy (non-hydrogen) atoms.